The Morgan fingerprint density at radius 3 is 2.46 bits per heavy atom. The van der Waals surface area contributed by atoms with Crippen molar-refractivity contribution in [3.8, 4) is 0 Å². The van der Waals surface area contributed by atoms with Gasteiger partial charge < -0.3 is 10.2 Å². The quantitative estimate of drug-likeness (QED) is 0.690. The first-order valence-corrected chi connectivity index (χ1v) is 11.8. The average molecular weight is 363 g/mol. The zero-order chi connectivity index (χ0) is 18.5. The highest BCUT2D eigenvalue weighted by Gasteiger charge is 2.56. The maximum absolute atomic E-state index is 11.0. The van der Waals surface area contributed by atoms with Crippen molar-refractivity contribution in [3.05, 3.63) is 0 Å². The second-order valence-corrected chi connectivity index (χ2v) is 11.0. The van der Waals surface area contributed by atoms with E-state index in [2.05, 4.69) is 13.8 Å². The fraction of sp³-hybridized carbons (Fsp3) is 1.00. The average Bonchev–Trinajstić information content (AvgIpc) is 2.59. The molecule has 0 amide bonds. The van der Waals surface area contributed by atoms with Crippen LogP contribution in [0.15, 0.2) is 0 Å². The van der Waals surface area contributed by atoms with Crippen molar-refractivity contribution in [1.82, 2.24) is 0 Å². The second kappa shape index (κ2) is 7.07. The van der Waals surface area contributed by atoms with Crippen LogP contribution in [-0.4, -0.2) is 21.9 Å². The summed E-state index contributed by atoms with van der Waals surface area (Å²) < 4.78 is 0. The minimum absolute atomic E-state index is 0.144. The molecule has 4 fully saturated rings. The van der Waals surface area contributed by atoms with Gasteiger partial charge in [-0.05, 0) is 112 Å². The van der Waals surface area contributed by atoms with E-state index in [9.17, 15) is 10.2 Å². The molecular formula is C24H42O2. The van der Waals surface area contributed by atoms with Crippen LogP contribution in [0.1, 0.15) is 97.8 Å². The Labute approximate surface area is 161 Å². The highest BCUT2D eigenvalue weighted by Crippen LogP contribution is 2.63. The largest absolute Gasteiger partial charge is 0.393 e. The number of hydrogen-bond donors (Lipinski definition) is 2. The van der Waals surface area contributed by atoms with Gasteiger partial charge in [0.2, 0.25) is 0 Å². The molecule has 4 aliphatic rings. The molecule has 0 bridgehead atoms. The van der Waals surface area contributed by atoms with E-state index in [0.717, 1.165) is 55.3 Å². The molecule has 2 N–H and O–H groups in total. The third-order valence-electron chi connectivity index (χ3n) is 9.72. The lowest BCUT2D eigenvalue weighted by molar-refractivity contribution is -0.144. The Morgan fingerprint density at radius 2 is 1.73 bits per heavy atom. The van der Waals surface area contributed by atoms with E-state index in [4.69, 9.17) is 0 Å². The summed E-state index contributed by atoms with van der Waals surface area (Å²) in [4.78, 5) is 0. The molecule has 1 unspecified atom stereocenters. The van der Waals surface area contributed by atoms with Crippen LogP contribution in [0.2, 0.25) is 0 Å². The molecule has 4 aliphatic carbocycles. The van der Waals surface area contributed by atoms with Gasteiger partial charge >= 0.3 is 0 Å². The Morgan fingerprint density at radius 1 is 0.962 bits per heavy atom. The standard InChI is InChI=1S/C24H42O2/c1-4-12-24(26)14-11-18-17(15-24)8-9-20-19(18)10-13-23(3)21(16(2)25)6-5-7-22(20)23/h16-22,25-26H,4-15H2,1-3H3/t16?,17-,18-,19+,20+,21+,22-,23+,24+/m0/s1. The highest BCUT2D eigenvalue weighted by atomic mass is 16.3. The van der Waals surface area contributed by atoms with E-state index in [1.54, 1.807) is 0 Å². The SMILES string of the molecule is CCC[C@@]1(O)CC[C@H]2[C@@H](CC[C@@H]3[C@@H]2CC[C@]2(C)[C@@H](C(C)O)CCC[C@@H]32)C1. The summed E-state index contributed by atoms with van der Waals surface area (Å²) in [5, 5.41) is 21.4. The van der Waals surface area contributed by atoms with Gasteiger partial charge in [-0.15, -0.1) is 0 Å². The summed E-state index contributed by atoms with van der Waals surface area (Å²) >= 11 is 0. The zero-order valence-electron chi connectivity index (χ0n) is 17.4. The number of rotatable bonds is 3. The van der Waals surface area contributed by atoms with E-state index in [0.29, 0.717) is 11.3 Å². The molecule has 2 heteroatoms. The predicted octanol–water partition coefficient (Wildman–Crippen LogP) is 5.56. The number of fused-ring (bicyclic) bond motifs is 5. The van der Waals surface area contributed by atoms with Gasteiger partial charge in [0.15, 0.2) is 0 Å². The highest BCUT2D eigenvalue weighted by molar-refractivity contribution is 5.06. The Kier molecular flexibility index (Phi) is 5.23. The summed E-state index contributed by atoms with van der Waals surface area (Å²) in [6, 6.07) is 0. The van der Waals surface area contributed by atoms with Gasteiger partial charge in [0.1, 0.15) is 0 Å². The maximum atomic E-state index is 11.0. The topological polar surface area (TPSA) is 40.5 Å². The summed E-state index contributed by atoms with van der Waals surface area (Å²) in [5.41, 5.74) is 0.0201. The van der Waals surface area contributed by atoms with Crippen molar-refractivity contribution in [2.45, 2.75) is 110 Å². The number of aliphatic hydroxyl groups is 2. The van der Waals surface area contributed by atoms with Crippen molar-refractivity contribution in [2.24, 2.45) is 40.9 Å². The van der Waals surface area contributed by atoms with Crippen LogP contribution in [0.25, 0.3) is 0 Å². The molecule has 150 valence electrons. The van der Waals surface area contributed by atoms with E-state index < -0.39 is 0 Å². The molecule has 0 radical (unpaired) electrons. The molecule has 4 saturated carbocycles. The molecule has 2 nitrogen and oxygen atoms in total. The summed E-state index contributed by atoms with van der Waals surface area (Å²) in [5.74, 6) is 4.82. The predicted molar refractivity (Wildman–Crippen MR) is 107 cm³/mol. The van der Waals surface area contributed by atoms with Gasteiger partial charge in [0.25, 0.3) is 0 Å². The monoisotopic (exact) mass is 362 g/mol. The van der Waals surface area contributed by atoms with E-state index in [1.165, 1.54) is 51.4 Å². The van der Waals surface area contributed by atoms with Crippen molar-refractivity contribution >= 4 is 0 Å². The lowest BCUT2D eigenvalue weighted by Gasteiger charge is -2.61. The maximum Gasteiger partial charge on any atom is 0.0650 e. The van der Waals surface area contributed by atoms with Gasteiger partial charge in [0.05, 0.1) is 11.7 Å². The normalized spacial score (nSPS) is 52.5. The summed E-state index contributed by atoms with van der Waals surface area (Å²) in [7, 11) is 0. The Bertz CT molecular complexity index is 502. The zero-order valence-corrected chi connectivity index (χ0v) is 17.4. The minimum atomic E-state index is -0.353. The first kappa shape index (κ1) is 19.2. The van der Waals surface area contributed by atoms with E-state index in [1.807, 2.05) is 6.92 Å². The first-order valence-electron chi connectivity index (χ1n) is 11.8. The molecule has 9 atom stereocenters. The lowest BCUT2D eigenvalue weighted by Crippen LogP contribution is -2.55. The van der Waals surface area contributed by atoms with Gasteiger partial charge in [-0.3, -0.25) is 0 Å². The van der Waals surface area contributed by atoms with Crippen LogP contribution in [0.4, 0.5) is 0 Å². The third-order valence-corrected chi connectivity index (χ3v) is 9.72. The van der Waals surface area contributed by atoms with E-state index in [-0.39, 0.29) is 11.7 Å². The van der Waals surface area contributed by atoms with Crippen molar-refractivity contribution < 1.29 is 10.2 Å². The molecule has 0 spiro atoms. The van der Waals surface area contributed by atoms with E-state index >= 15 is 0 Å². The van der Waals surface area contributed by atoms with Gasteiger partial charge in [0, 0.05) is 0 Å². The van der Waals surface area contributed by atoms with Crippen molar-refractivity contribution in [3.63, 3.8) is 0 Å². The fourth-order valence-electron chi connectivity index (χ4n) is 8.69. The van der Waals surface area contributed by atoms with Crippen LogP contribution in [0, 0.1) is 40.9 Å². The molecular weight excluding hydrogens is 320 g/mol. The second-order valence-electron chi connectivity index (χ2n) is 11.0. The van der Waals surface area contributed by atoms with Crippen molar-refractivity contribution in [2.75, 3.05) is 0 Å². The Hall–Kier alpha value is -0.0800. The van der Waals surface area contributed by atoms with Crippen LogP contribution in [-0.2, 0) is 0 Å². The van der Waals surface area contributed by atoms with Crippen molar-refractivity contribution in [1.29, 1.82) is 0 Å². The van der Waals surface area contributed by atoms with Gasteiger partial charge in [-0.2, -0.15) is 0 Å². The molecule has 0 heterocycles. The van der Waals surface area contributed by atoms with Crippen LogP contribution in [0.5, 0.6) is 0 Å². The molecule has 0 aliphatic heterocycles. The Balaban J connectivity index is 1.51. The smallest absolute Gasteiger partial charge is 0.0650 e. The molecule has 0 saturated heterocycles. The first-order chi connectivity index (χ1) is 12.4. The molecule has 0 aromatic rings. The van der Waals surface area contributed by atoms with Gasteiger partial charge in [-0.1, -0.05) is 26.7 Å². The summed E-state index contributed by atoms with van der Waals surface area (Å²) in [6.45, 7) is 6.78. The lowest BCUT2D eigenvalue weighted by atomic mass is 9.44. The minimum Gasteiger partial charge on any atom is -0.393 e. The third kappa shape index (κ3) is 3.08. The fourth-order valence-corrected chi connectivity index (χ4v) is 8.69. The molecule has 0 aromatic carbocycles. The molecule has 4 rings (SSSR count). The summed E-state index contributed by atoms with van der Waals surface area (Å²) in [6.07, 6.45) is 14.8. The number of aliphatic hydroxyl groups excluding tert-OH is 1. The molecule has 0 aromatic heterocycles. The van der Waals surface area contributed by atoms with Gasteiger partial charge in [-0.25, -0.2) is 0 Å². The van der Waals surface area contributed by atoms with Crippen LogP contribution in [0.3, 0.4) is 0 Å². The van der Waals surface area contributed by atoms with Crippen LogP contribution >= 0.6 is 0 Å². The van der Waals surface area contributed by atoms with Crippen LogP contribution < -0.4 is 0 Å². The molecule has 26 heavy (non-hydrogen) atoms. The number of hydrogen-bond acceptors (Lipinski definition) is 2.